The molecular weight excluding hydrogens is 152 g/mol. The summed E-state index contributed by atoms with van der Waals surface area (Å²) in [5.41, 5.74) is 0.246. The van der Waals surface area contributed by atoms with Crippen molar-refractivity contribution in [2.75, 3.05) is 0 Å². The average Bonchev–Trinajstić information content (AvgIpc) is 2.07. The standard InChI is InChI=1S/C9H8N2O/c1-8(12)9(7-10)11-5-3-2-4-6-11/h2-6H,1H3/p+1/b9-8+. The number of nitriles is 1. The van der Waals surface area contributed by atoms with E-state index in [1.165, 1.54) is 6.92 Å². The average molecular weight is 161 g/mol. The minimum Gasteiger partial charge on any atom is -0.506 e. The second-order valence-corrected chi connectivity index (χ2v) is 2.33. The third-order valence-electron chi connectivity index (χ3n) is 1.42. The maximum absolute atomic E-state index is 9.10. The van der Waals surface area contributed by atoms with E-state index in [9.17, 15) is 0 Å². The van der Waals surface area contributed by atoms with Crippen molar-refractivity contribution in [1.82, 2.24) is 0 Å². The summed E-state index contributed by atoms with van der Waals surface area (Å²) in [5.74, 6) is 0.0219. The lowest BCUT2D eigenvalue weighted by molar-refractivity contribution is -0.579. The molecule has 0 atom stereocenters. The molecule has 12 heavy (non-hydrogen) atoms. The van der Waals surface area contributed by atoms with Crippen LogP contribution in [0.5, 0.6) is 0 Å². The zero-order valence-electron chi connectivity index (χ0n) is 6.73. The molecule has 3 nitrogen and oxygen atoms in total. The molecule has 1 aromatic heterocycles. The second-order valence-electron chi connectivity index (χ2n) is 2.33. The van der Waals surface area contributed by atoms with Crippen LogP contribution in [0.3, 0.4) is 0 Å². The summed E-state index contributed by atoms with van der Waals surface area (Å²) in [6.07, 6.45) is 3.41. The van der Waals surface area contributed by atoms with Crippen LogP contribution in [0.1, 0.15) is 6.92 Å². The first-order valence-corrected chi connectivity index (χ1v) is 3.52. The van der Waals surface area contributed by atoms with E-state index in [0.29, 0.717) is 0 Å². The molecule has 0 spiro atoms. The number of pyridine rings is 1. The molecule has 0 aliphatic carbocycles. The fraction of sp³-hybridized carbons (Fsp3) is 0.111. The Bertz CT molecular complexity index is 331. The lowest BCUT2D eigenvalue weighted by atomic mass is 10.3. The highest BCUT2D eigenvalue weighted by atomic mass is 16.3. The summed E-state index contributed by atoms with van der Waals surface area (Å²) >= 11 is 0. The number of allylic oxidation sites excluding steroid dienone is 2. The fourth-order valence-electron chi connectivity index (χ4n) is 0.873. The highest BCUT2D eigenvalue weighted by molar-refractivity contribution is 5.51. The highest BCUT2D eigenvalue weighted by Gasteiger charge is 2.10. The van der Waals surface area contributed by atoms with Crippen molar-refractivity contribution in [2.24, 2.45) is 0 Å². The maximum Gasteiger partial charge on any atom is 0.326 e. The summed E-state index contributed by atoms with van der Waals surface area (Å²) in [6, 6.07) is 7.34. The molecule has 0 saturated heterocycles. The molecule has 0 aliphatic heterocycles. The first-order chi connectivity index (χ1) is 5.75. The molecule has 60 valence electrons. The Morgan fingerprint density at radius 2 is 1.92 bits per heavy atom. The van der Waals surface area contributed by atoms with Gasteiger partial charge in [0.05, 0.1) is 0 Å². The lowest BCUT2D eigenvalue weighted by Gasteiger charge is -1.91. The third-order valence-corrected chi connectivity index (χ3v) is 1.42. The maximum atomic E-state index is 9.10. The molecule has 0 amide bonds. The molecule has 1 aromatic rings. The molecule has 1 N–H and O–H groups in total. The van der Waals surface area contributed by atoms with E-state index in [2.05, 4.69) is 0 Å². The summed E-state index contributed by atoms with van der Waals surface area (Å²) < 4.78 is 1.56. The Morgan fingerprint density at radius 1 is 1.33 bits per heavy atom. The molecule has 0 aliphatic rings. The minimum atomic E-state index is 0.0219. The number of aliphatic hydroxyl groups excluding tert-OH is 1. The second kappa shape index (κ2) is 3.54. The van der Waals surface area contributed by atoms with Gasteiger partial charge in [0, 0.05) is 19.1 Å². The van der Waals surface area contributed by atoms with Gasteiger partial charge >= 0.3 is 5.70 Å². The topological polar surface area (TPSA) is 47.9 Å². The normalized spacial score (nSPS) is 11.7. The molecule has 3 heteroatoms. The number of aromatic nitrogens is 1. The summed E-state index contributed by atoms with van der Waals surface area (Å²) in [7, 11) is 0. The molecule has 0 bridgehead atoms. The quantitative estimate of drug-likeness (QED) is 0.382. The van der Waals surface area contributed by atoms with Crippen LogP contribution in [0.25, 0.3) is 5.70 Å². The smallest absolute Gasteiger partial charge is 0.326 e. The van der Waals surface area contributed by atoms with E-state index in [4.69, 9.17) is 10.4 Å². The van der Waals surface area contributed by atoms with E-state index in [0.717, 1.165) is 0 Å². The third kappa shape index (κ3) is 1.61. The Hall–Kier alpha value is -1.82. The molecule has 1 heterocycles. The largest absolute Gasteiger partial charge is 0.506 e. The zero-order chi connectivity index (χ0) is 8.97. The van der Waals surface area contributed by atoms with Gasteiger partial charge < -0.3 is 5.11 Å². The molecule has 0 saturated carbocycles. The predicted octanol–water partition coefficient (Wildman–Crippen LogP) is 1.24. The number of rotatable bonds is 1. The van der Waals surface area contributed by atoms with Gasteiger partial charge in [0.2, 0.25) is 0 Å². The van der Waals surface area contributed by atoms with E-state index >= 15 is 0 Å². The predicted molar refractivity (Wildman–Crippen MR) is 43.8 cm³/mol. The van der Waals surface area contributed by atoms with Gasteiger partial charge in [0.25, 0.3) is 0 Å². The Balaban J connectivity index is 3.17. The van der Waals surface area contributed by atoms with Crippen molar-refractivity contribution in [2.45, 2.75) is 6.92 Å². The first kappa shape index (κ1) is 8.28. The van der Waals surface area contributed by atoms with Gasteiger partial charge in [-0.15, -0.1) is 0 Å². The van der Waals surface area contributed by atoms with Crippen molar-refractivity contribution in [3.8, 4) is 6.07 Å². The van der Waals surface area contributed by atoms with Crippen LogP contribution >= 0.6 is 0 Å². The number of aliphatic hydroxyl groups is 1. The zero-order valence-corrected chi connectivity index (χ0v) is 6.73. The van der Waals surface area contributed by atoms with Gasteiger partial charge in [-0.2, -0.15) is 9.83 Å². The van der Waals surface area contributed by atoms with Gasteiger partial charge in [0.15, 0.2) is 24.2 Å². The highest BCUT2D eigenvalue weighted by Crippen LogP contribution is 1.96. The molecule has 1 rings (SSSR count). The Morgan fingerprint density at radius 3 is 2.33 bits per heavy atom. The van der Waals surface area contributed by atoms with Crippen LogP contribution in [-0.4, -0.2) is 5.11 Å². The molecule has 0 unspecified atom stereocenters. The summed E-state index contributed by atoms with van der Waals surface area (Å²) in [5, 5.41) is 17.8. The first-order valence-electron chi connectivity index (χ1n) is 3.52. The van der Waals surface area contributed by atoms with E-state index in [-0.39, 0.29) is 11.5 Å². The minimum absolute atomic E-state index is 0.0219. The van der Waals surface area contributed by atoms with Crippen LogP contribution < -0.4 is 4.57 Å². The molecular formula is C9H9N2O+. The van der Waals surface area contributed by atoms with Gasteiger partial charge in [-0.05, 0) is 0 Å². The van der Waals surface area contributed by atoms with Crippen molar-refractivity contribution < 1.29 is 9.67 Å². The van der Waals surface area contributed by atoms with Crippen LogP contribution in [-0.2, 0) is 0 Å². The number of hydrogen-bond donors (Lipinski definition) is 1. The van der Waals surface area contributed by atoms with Crippen LogP contribution in [0.2, 0.25) is 0 Å². The fourth-order valence-corrected chi connectivity index (χ4v) is 0.873. The van der Waals surface area contributed by atoms with E-state index in [1.807, 2.05) is 12.1 Å². The van der Waals surface area contributed by atoms with E-state index < -0.39 is 0 Å². The molecule has 0 fully saturated rings. The Kier molecular flexibility index (Phi) is 2.44. The lowest BCUT2D eigenvalue weighted by Crippen LogP contribution is -2.31. The number of nitrogens with zero attached hydrogens (tertiary/aromatic N) is 2. The monoisotopic (exact) mass is 161 g/mol. The van der Waals surface area contributed by atoms with Crippen LogP contribution in [0.15, 0.2) is 36.4 Å². The van der Waals surface area contributed by atoms with E-state index in [1.54, 1.807) is 29.1 Å². The van der Waals surface area contributed by atoms with Gasteiger partial charge in [-0.1, -0.05) is 6.07 Å². The van der Waals surface area contributed by atoms with Crippen LogP contribution in [0, 0.1) is 11.3 Å². The summed E-state index contributed by atoms with van der Waals surface area (Å²) in [4.78, 5) is 0. The Labute approximate surface area is 70.8 Å². The van der Waals surface area contributed by atoms with Crippen molar-refractivity contribution in [3.05, 3.63) is 36.4 Å². The molecule has 0 aromatic carbocycles. The SMILES string of the molecule is C/C(O)=C(/C#N)[n+]1ccccc1. The van der Waals surface area contributed by atoms with Gasteiger partial charge in [-0.25, -0.2) is 0 Å². The van der Waals surface area contributed by atoms with Crippen molar-refractivity contribution >= 4 is 5.70 Å². The molecule has 0 radical (unpaired) electrons. The van der Waals surface area contributed by atoms with Crippen molar-refractivity contribution in [3.63, 3.8) is 0 Å². The van der Waals surface area contributed by atoms with Gasteiger partial charge in [0.1, 0.15) is 0 Å². The van der Waals surface area contributed by atoms with Crippen molar-refractivity contribution in [1.29, 1.82) is 5.26 Å². The number of hydrogen-bond acceptors (Lipinski definition) is 2. The summed E-state index contributed by atoms with van der Waals surface area (Å²) in [6.45, 7) is 1.48. The van der Waals surface area contributed by atoms with Crippen LogP contribution in [0.4, 0.5) is 0 Å². The van der Waals surface area contributed by atoms with Gasteiger partial charge in [-0.3, -0.25) is 0 Å².